The first-order chi connectivity index (χ1) is 60.7. The van der Waals surface area contributed by atoms with Crippen LogP contribution in [-0.2, 0) is 0 Å². The largest absolute Gasteiger partial charge is 0.456 e. The van der Waals surface area contributed by atoms with Crippen LogP contribution in [0.3, 0.4) is 0 Å². The normalized spacial score (nSPS) is 12.2. The van der Waals surface area contributed by atoms with E-state index in [1.807, 2.05) is 0 Å². The van der Waals surface area contributed by atoms with Gasteiger partial charge in [0.25, 0.3) is 0 Å². The van der Waals surface area contributed by atoms with Gasteiger partial charge in [-0.3, -0.25) is 0 Å². The average molecular weight is 1620 g/mol. The quantitative estimate of drug-likeness (QED) is 0.161. The van der Waals surface area contributed by atoms with Crippen molar-refractivity contribution in [2.75, 3.05) is 0 Å². The molecule has 5 heterocycles. The number of fused-ring (bicyclic) bond motifs is 35. The Labute approximate surface area is 727 Å². The molecule has 25 aromatic rings. The van der Waals surface area contributed by atoms with Crippen LogP contribution in [0.1, 0.15) is 154 Å². The van der Waals surface area contributed by atoms with E-state index in [4.69, 9.17) is 22.1 Å². The monoisotopic (exact) mass is 1620 g/mol. The van der Waals surface area contributed by atoms with Crippen LogP contribution in [0.4, 0.5) is 0 Å². The van der Waals surface area contributed by atoms with E-state index in [1.165, 1.54) is 217 Å². The lowest BCUT2D eigenvalue weighted by molar-refractivity contribution is 0.655. The molecule has 5 aromatic heterocycles. The van der Waals surface area contributed by atoms with Gasteiger partial charge in [0.1, 0.15) is 55.8 Å². The molecule has 0 spiro atoms. The second-order valence-corrected chi connectivity index (χ2v) is 36.3. The van der Waals surface area contributed by atoms with Gasteiger partial charge in [-0.2, -0.15) is 0 Å². The standard InChI is InChI=1S/5C24H20O/c1-14(2)21-15(3)12-13-20-22-18-10-6-4-8-16(18)17-9-5-7-11-19(17)23(22)25-24(20)21;1-14(2)21-15(3)8-12-19-20-13-11-17-10-9-16-6-4-5-7-18(16)22(17)24(20)25-23(19)21;1-14(2)23-15(3)8-11-19-21-12-17-10-9-16-6-4-5-7-18(16)20(17)13-22(21)25-24(19)23;1-14(2)22-15(3)8-10-21-20-13-12-18-17-7-5-4-6-16(17)9-11-19(18)23(20)25-24(21)22;1-14(2)22-15(3)8-10-20-23-19-11-9-16-6-4-5-7-17(16)18(19)12-13-21(23)25-24(20)22/h5*4-14H,1-3H3. The summed E-state index contributed by atoms with van der Waals surface area (Å²) in [6.45, 7) is 33.3. The number of rotatable bonds is 5. The molecule has 0 aliphatic rings. The molecule has 0 radical (unpaired) electrons. The molecule has 5 nitrogen and oxygen atoms in total. The molecule has 0 atom stereocenters. The van der Waals surface area contributed by atoms with Gasteiger partial charge in [0, 0.05) is 97.8 Å². The van der Waals surface area contributed by atoms with Crippen LogP contribution < -0.4 is 0 Å². The lowest BCUT2D eigenvalue weighted by atomic mass is 9.93. The van der Waals surface area contributed by atoms with E-state index in [2.05, 4.69) is 407 Å². The minimum Gasteiger partial charge on any atom is -0.456 e. The highest BCUT2D eigenvalue weighted by atomic mass is 16.3. The first-order valence-corrected chi connectivity index (χ1v) is 44.6. The summed E-state index contributed by atoms with van der Waals surface area (Å²) in [5.41, 5.74) is 23.3. The van der Waals surface area contributed by atoms with Crippen molar-refractivity contribution in [3.63, 3.8) is 0 Å². The highest BCUT2D eigenvalue weighted by Crippen LogP contribution is 2.48. The van der Waals surface area contributed by atoms with Crippen molar-refractivity contribution >= 4 is 217 Å². The second-order valence-electron chi connectivity index (χ2n) is 36.3. The minimum absolute atomic E-state index is 0.432. The molecule has 0 saturated carbocycles. The van der Waals surface area contributed by atoms with Gasteiger partial charge in [-0.15, -0.1) is 0 Å². The van der Waals surface area contributed by atoms with Crippen molar-refractivity contribution < 1.29 is 22.1 Å². The summed E-state index contributed by atoms with van der Waals surface area (Å²) in [7, 11) is 0. The first-order valence-electron chi connectivity index (χ1n) is 44.6. The summed E-state index contributed by atoms with van der Waals surface area (Å²) in [5.74, 6) is 2.20. The van der Waals surface area contributed by atoms with E-state index in [0.717, 1.165) is 55.8 Å². The summed E-state index contributed by atoms with van der Waals surface area (Å²) in [6.07, 6.45) is 0. The number of aryl methyl sites for hydroxylation is 5. The molecule has 0 N–H and O–H groups in total. The van der Waals surface area contributed by atoms with Crippen LogP contribution in [0.5, 0.6) is 0 Å². The Morgan fingerprint density at radius 3 is 0.936 bits per heavy atom. The number of furan rings is 5. The van der Waals surface area contributed by atoms with Crippen molar-refractivity contribution in [3.8, 4) is 0 Å². The lowest BCUT2D eigenvalue weighted by Gasteiger charge is -2.09. The molecule has 0 amide bonds. The van der Waals surface area contributed by atoms with Crippen molar-refractivity contribution in [1.29, 1.82) is 0 Å². The van der Waals surface area contributed by atoms with Gasteiger partial charge in [0.2, 0.25) is 0 Å². The average Bonchev–Trinajstić information content (AvgIpc) is 1.60. The third-order valence-electron chi connectivity index (χ3n) is 26.8. The first kappa shape index (κ1) is 78.3. The maximum atomic E-state index is 6.55. The molecule has 0 bridgehead atoms. The van der Waals surface area contributed by atoms with Crippen molar-refractivity contribution in [2.45, 2.75) is 133 Å². The number of benzene rings is 20. The van der Waals surface area contributed by atoms with E-state index < -0.39 is 0 Å². The summed E-state index contributed by atoms with van der Waals surface area (Å²) in [6, 6.07) is 109. The molecule has 25 rings (SSSR count). The summed E-state index contributed by atoms with van der Waals surface area (Å²) in [5, 5.41) is 37.4. The lowest BCUT2D eigenvalue weighted by Crippen LogP contribution is -1.92. The van der Waals surface area contributed by atoms with E-state index >= 15 is 0 Å². The number of hydrogen-bond donors (Lipinski definition) is 0. The van der Waals surface area contributed by atoms with Crippen LogP contribution >= 0.6 is 0 Å². The topological polar surface area (TPSA) is 65.7 Å². The van der Waals surface area contributed by atoms with Crippen molar-refractivity contribution in [1.82, 2.24) is 0 Å². The third kappa shape index (κ3) is 12.8. The maximum Gasteiger partial charge on any atom is 0.143 e. The highest BCUT2D eigenvalue weighted by Gasteiger charge is 2.25. The Morgan fingerprint density at radius 1 is 0.152 bits per heavy atom. The predicted octanol–water partition coefficient (Wildman–Crippen LogP) is 36.6. The second kappa shape index (κ2) is 30.8. The van der Waals surface area contributed by atoms with Gasteiger partial charge in [-0.25, -0.2) is 0 Å². The summed E-state index contributed by atoms with van der Waals surface area (Å²) >= 11 is 0. The molecule has 0 aliphatic heterocycles. The predicted molar refractivity (Wildman–Crippen MR) is 538 cm³/mol. The fraction of sp³-hybridized carbons (Fsp3) is 0.167. The molecule has 0 saturated heterocycles. The van der Waals surface area contributed by atoms with Crippen LogP contribution in [-0.4, -0.2) is 0 Å². The zero-order chi connectivity index (χ0) is 85.6. The molecule has 0 aliphatic carbocycles. The smallest absolute Gasteiger partial charge is 0.143 e. The maximum absolute atomic E-state index is 6.55. The van der Waals surface area contributed by atoms with E-state index in [-0.39, 0.29) is 0 Å². The molecular weight excluding hydrogens is 1520 g/mol. The Morgan fingerprint density at radius 2 is 0.416 bits per heavy atom. The molecule has 20 aromatic carbocycles. The molecule has 610 valence electrons. The van der Waals surface area contributed by atoms with Crippen molar-refractivity contribution in [2.24, 2.45) is 0 Å². The minimum atomic E-state index is 0.432. The van der Waals surface area contributed by atoms with E-state index in [0.29, 0.717) is 29.6 Å². The zero-order valence-electron chi connectivity index (χ0n) is 73.8. The zero-order valence-corrected chi connectivity index (χ0v) is 73.8. The van der Waals surface area contributed by atoms with E-state index in [9.17, 15) is 0 Å². The Hall–Kier alpha value is -14.0. The van der Waals surface area contributed by atoms with E-state index in [1.54, 1.807) is 0 Å². The van der Waals surface area contributed by atoms with Gasteiger partial charge in [0.15, 0.2) is 0 Å². The fourth-order valence-corrected chi connectivity index (χ4v) is 21.2. The van der Waals surface area contributed by atoms with Gasteiger partial charge >= 0.3 is 0 Å². The van der Waals surface area contributed by atoms with Gasteiger partial charge in [-0.05, 0) is 220 Å². The van der Waals surface area contributed by atoms with Crippen molar-refractivity contribution in [3.05, 3.63) is 359 Å². The number of hydrogen-bond acceptors (Lipinski definition) is 5. The molecule has 5 heteroatoms. The third-order valence-corrected chi connectivity index (χ3v) is 26.8. The van der Waals surface area contributed by atoms with Gasteiger partial charge in [-0.1, -0.05) is 336 Å². The fourth-order valence-electron chi connectivity index (χ4n) is 21.2. The van der Waals surface area contributed by atoms with Crippen LogP contribution in [0.2, 0.25) is 0 Å². The Balaban J connectivity index is 0.0000000956. The van der Waals surface area contributed by atoms with Gasteiger partial charge in [0.05, 0.1) is 0 Å². The highest BCUT2D eigenvalue weighted by molar-refractivity contribution is 6.31. The Kier molecular flexibility index (Phi) is 19.3. The van der Waals surface area contributed by atoms with Crippen LogP contribution in [0.25, 0.3) is 217 Å². The Bertz CT molecular complexity index is 8640. The SMILES string of the molecule is Cc1ccc2c(oc3c2ccc2c4ccccc4ccc23)c1C(C)C.Cc1ccc2c(oc3c2ccc2ccc4ccccc4c23)c1C(C)C.Cc1ccc2c(oc3c4ccccc4c4ccccc4c23)c1C(C)C.Cc1ccc2c(oc3cc4c(ccc5ccccc54)cc32)c1C(C)C.Cc1ccc2c(oc3ccc4c5ccccc5ccc4c32)c1C(C)C. The van der Waals surface area contributed by atoms with Crippen LogP contribution in [0.15, 0.2) is 325 Å². The molecule has 0 fully saturated rings. The molecular formula is C120H100O5. The van der Waals surface area contributed by atoms with Gasteiger partial charge < -0.3 is 22.1 Å². The summed E-state index contributed by atoms with van der Waals surface area (Å²) in [4.78, 5) is 0. The van der Waals surface area contributed by atoms with Crippen LogP contribution in [0, 0.1) is 34.6 Å². The molecule has 125 heavy (non-hydrogen) atoms. The molecule has 0 unspecified atom stereocenters. The summed E-state index contributed by atoms with van der Waals surface area (Å²) < 4.78 is 32.3.